The number of aliphatic carboxylic acids is 1. The van der Waals surface area contributed by atoms with Crippen molar-refractivity contribution in [3.8, 4) is 0 Å². The maximum Gasteiger partial charge on any atom is 0.306 e. The van der Waals surface area contributed by atoms with Crippen molar-refractivity contribution in [2.24, 2.45) is 11.8 Å². The van der Waals surface area contributed by atoms with Crippen molar-refractivity contribution in [1.82, 2.24) is 0 Å². The second kappa shape index (κ2) is 9.87. The number of carboxylic acids is 1. The fourth-order valence-corrected chi connectivity index (χ4v) is 4.33. The average molecular weight is 393 g/mol. The molecule has 0 saturated heterocycles. The van der Waals surface area contributed by atoms with Crippen LogP contribution in [0.15, 0.2) is 54.6 Å². The zero-order valence-corrected chi connectivity index (χ0v) is 17.5. The molecule has 3 rings (SSSR count). The molecule has 3 nitrogen and oxygen atoms in total. The summed E-state index contributed by atoms with van der Waals surface area (Å²) in [7, 11) is 0. The first-order valence-corrected chi connectivity index (χ1v) is 10.8. The standard InChI is InChI=1S/C26H32O3/c1-18(2)20-10-12-21(13-11-20)25-15-14-22(25)16-24(27)17-23(26(28)29)9-8-19-6-4-3-5-7-19/h3-7,10-13,18,22-23,25H,8-9,14-17H2,1-2H3,(H,28,29). The van der Waals surface area contributed by atoms with E-state index in [1.807, 2.05) is 30.3 Å². The van der Waals surface area contributed by atoms with Crippen LogP contribution in [0.5, 0.6) is 0 Å². The lowest BCUT2D eigenvalue weighted by molar-refractivity contribution is -0.144. The topological polar surface area (TPSA) is 54.4 Å². The van der Waals surface area contributed by atoms with Crippen LogP contribution in [0.2, 0.25) is 0 Å². The van der Waals surface area contributed by atoms with Gasteiger partial charge in [0.2, 0.25) is 0 Å². The van der Waals surface area contributed by atoms with Gasteiger partial charge < -0.3 is 5.11 Å². The van der Waals surface area contributed by atoms with Crippen molar-refractivity contribution in [1.29, 1.82) is 0 Å². The van der Waals surface area contributed by atoms with E-state index in [1.165, 1.54) is 11.1 Å². The molecule has 0 aliphatic heterocycles. The largest absolute Gasteiger partial charge is 0.481 e. The third kappa shape index (κ3) is 5.79. The van der Waals surface area contributed by atoms with Crippen LogP contribution in [0.3, 0.4) is 0 Å². The van der Waals surface area contributed by atoms with Gasteiger partial charge >= 0.3 is 5.97 Å². The van der Waals surface area contributed by atoms with Crippen LogP contribution in [-0.4, -0.2) is 16.9 Å². The predicted molar refractivity (Wildman–Crippen MR) is 116 cm³/mol. The lowest BCUT2D eigenvalue weighted by Crippen LogP contribution is -2.28. The molecule has 1 saturated carbocycles. The van der Waals surface area contributed by atoms with Gasteiger partial charge in [-0.2, -0.15) is 0 Å². The highest BCUT2D eigenvalue weighted by Gasteiger charge is 2.34. The first-order valence-electron chi connectivity index (χ1n) is 10.8. The highest BCUT2D eigenvalue weighted by molar-refractivity contribution is 5.84. The van der Waals surface area contributed by atoms with E-state index < -0.39 is 11.9 Å². The summed E-state index contributed by atoms with van der Waals surface area (Å²) in [6, 6.07) is 18.7. The van der Waals surface area contributed by atoms with Crippen LogP contribution >= 0.6 is 0 Å². The molecule has 29 heavy (non-hydrogen) atoms. The molecule has 1 aliphatic rings. The van der Waals surface area contributed by atoms with Gasteiger partial charge in [-0.15, -0.1) is 0 Å². The van der Waals surface area contributed by atoms with E-state index >= 15 is 0 Å². The molecule has 3 atom stereocenters. The summed E-state index contributed by atoms with van der Waals surface area (Å²) in [6.45, 7) is 4.38. The second-order valence-corrected chi connectivity index (χ2v) is 8.77. The summed E-state index contributed by atoms with van der Waals surface area (Å²) in [5, 5.41) is 9.55. The quantitative estimate of drug-likeness (QED) is 0.540. The van der Waals surface area contributed by atoms with Crippen LogP contribution in [0.25, 0.3) is 0 Å². The second-order valence-electron chi connectivity index (χ2n) is 8.77. The third-order valence-corrected chi connectivity index (χ3v) is 6.39. The molecule has 1 aliphatic carbocycles. The number of carbonyl (C=O) groups is 2. The lowest BCUT2D eigenvalue weighted by Gasteiger charge is -2.37. The minimum atomic E-state index is -0.858. The number of carbonyl (C=O) groups excluding carboxylic acids is 1. The minimum Gasteiger partial charge on any atom is -0.481 e. The Kier molecular flexibility index (Phi) is 7.24. The molecule has 1 fully saturated rings. The van der Waals surface area contributed by atoms with E-state index in [-0.39, 0.29) is 12.2 Å². The van der Waals surface area contributed by atoms with E-state index in [0.29, 0.717) is 37.0 Å². The van der Waals surface area contributed by atoms with Gasteiger partial charge in [0.25, 0.3) is 0 Å². The number of Topliss-reactive ketones (excluding diaryl/α,β-unsaturated/α-hetero) is 1. The number of hydrogen-bond donors (Lipinski definition) is 1. The molecule has 0 radical (unpaired) electrons. The van der Waals surface area contributed by atoms with Crippen molar-refractivity contribution < 1.29 is 14.7 Å². The van der Waals surface area contributed by atoms with Crippen molar-refractivity contribution in [3.05, 3.63) is 71.3 Å². The van der Waals surface area contributed by atoms with Crippen molar-refractivity contribution in [3.63, 3.8) is 0 Å². The summed E-state index contributed by atoms with van der Waals surface area (Å²) in [6.07, 6.45) is 4.04. The molecule has 3 unspecified atom stereocenters. The van der Waals surface area contributed by atoms with E-state index in [9.17, 15) is 14.7 Å². The summed E-state index contributed by atoms with van der Waals surface area (Å²) >= 11 is 0. The molecule has 0 bridgehead atoms. The Bertz CT molecular complexity index is 808. The smallest absolute Gasteiger partial charge is 0.306 e. The number of benzene rings is 2. The van der Waals surface area contributed by atoms with Crippen molar-refractivity contribution >= 4 is 11.8 Å². The Hall–Kier alpha value is -2.42. The molecule has 0 spiro atoms. The number of ketones is 1. The molecule has 1 N–H and O–H groups in total. The fourth-order valence-electron chi connectivity index (χ4n) is 4.33. The SMILES string of the molecule is CC(C)c1ccc(C2CCC2CC(=O)CC(CCc2ccccc2)C(=O)O)cc1. The van der Waals surface area contributed by atoms with Crippen molar-refractivity contribution in [2.75, 3.05) is 0 Å². The Balaban J connectivity index is 1.52. The van der Waals surface area contributed by atoms with Gasteiger partial charge in [0.05, 0.1) is 5.92 Å². The molecule has 0 aromatic heterocycles. The van der Waals surface area contributed by atoms with Gasteiger partial charge in [0.15, 0.2) is 0 Å². The zero-order chi connectivity index (χ0) is 20.8. The van der Waals surface area contributed by atoms with Gasteiger partial charge in [0.1, 0.15) is 5.78 Å². The molecular formula is C26H32O3. The normalized spacial score (nSPS) is 19.6. The third-order valence-electron chi connectivity index (χ3n) is 6.39. The predicted octanol–water partition coefficient (Wildman–Crippen LogP) is 5.99. The Morgan fingerprint density at radius 3 is 2.24 bits per heavy atom. The number of hydrogen-bond acceptors (Lipinski definition) is 2. The number of aryl methyl sites for hydroxylation is 1. The van der Waals surface area contributed by atoms with E-state index in [2.05, 4.69) is 38.1 Å². The van der Waals surface area contributed by atoms with Crippen LogP contribution in [-0.2, 0) is 16.0 Å². The Morgan fingerprint density at radius 1 is 1.00 bits per heavy atom. The maximum absolute atomic E-state index is 12.6. The number of rotatable bonds is 10. The molecule has 0 amide bonds. The molecular weight excluding hydrogens is 360 g/mol. The maximum atomic E-state index is 12.6. The molecule has 2 aromatic rings. The molecule has 3 heteroatoms. The summed E-state index contributed by atoms with van der Waals surface area (Å²) in [4.78, 5) is 24.3. The van der Waals surface area contributed by atoms with Crippen LogP contribution in [0, 0.1) is 11.8 Å². The molecule has 2 aromatic carbocycles. The highest BCUT2D eigenvalue weighted by atomic mass is 16.4. The fraction of sp³-hybridized carbons (Fsp3) is 0.462. The van der Waals surface area contributed by atoms with E-state index in [4.69, 9.17) is 0 Å². The zero-order valence-electron chi connectivity index (χ0n) is 17.5. The average Bonchev–Trinajstić information content (AvgIpc) is 2.69. The molecule has 154 valence electrons. The summed E-state index contributed by atoms with van der Waals surface area (Å²) < 4.78 is 0. The van der Waals surface area contributed by atoms with E-state index in [0.717, 1.165) is 18.4 Å². The van der Waals surface area contributed by atoms with Crippen LogP contribution in [0.4, 0.5) is 0 Å². The first kappa shape index (κ1) is 21.3. The lowest BCUT2D eigenvalue weighted by atomic mass is 9.67. The Labute approximate surface area is 174 Å². The monoisotopic (exact) mass is 392 g/mol. The minimum absolute atomic E-state index is 0.0963. The van der Waals surface area contributed by atoms with Crippen molar-refractivity contribution in [2.45, 2.75) is 64.2 Å². The van der Waals surface area contributed by atoms with Gasteiger partial charge in [0, 0.05) is 12.8 Å². The van der Waals surface area contributed by atoms with Gasteiger partial charge in [-0.25, -0.2) is 0 Å². The van der Waals surface area contributed by atoms with E-state index in [1.54, 1.807) is 0 Å². The van der Waals surface area contributed by atoms with Gasteiger partial charge in [-0.3, -0.25) is 9.59 Å². The number of carboxylic acid groups (broad SMARTS) is 1. The van der Waals surface area contributed by atoms with Gasteiger partial charge in [-0.1, -0.05) is 68.4 Å². The Morgan fingerprint density at radius 2 is 1.69 bits per heavy atom. The van der Waals surface area contributed by atoms with Crippen LogP contribution in [0.1, 0.15) is 74.5 Å². The summed E-state index contributed by atoms with van der Waals surface area (Å²) in [5.41, 5.74) is 3.77. The van der Waals surface area contributed by atoms with Crippen LogP contribution < -0.4 is 0 Å². The highest BCUT2D eigenvalue weighted by Crippen LogP contribution is 2.45. The van der Waals surface area contributed by atoms with Gasteiger partial charge in [-0.05, 0) is 60.1 Å². The summed E-state index contributed by atoms with van der Waals surface area (Å²) in [5.74, 6) is -0.0374. The first-order chi connectivity index (χ1) is 13.9. The molecule has 0 heterocycles.